The summed E-state index contributed by atoms with van der Waals surface area (Å²) >= 11 is 0. The summed E-state index contributed by atoms with van der Waals surface area (Å²) < 4.78 is 0. The third kappa shape index (κ3) is 3.81. The number of benzene rings is 4. The Morgan fingerprint density at radius 2 is 0.966 bits per heavy atom. The topological polar surface area (TPSA) is 37.3 Å². The molecule has 0 aliphatic rings. The van der Waals surface area contributed by atoms with Gasteiger partial charge in [-0.1, -0.05) is 91.0 Å². The lowest BCUT2D eigenvalue weighted by molar-refractivity contribution is 0.107. The largest absolute Gasteiger partial charge is 0.508 e. The molecule has 0 unspecified atom stereocenters. The fourth-order valence-corrected chi connectivity index (χ4v) is 7.31. The molecule has 0 aliphatic heterocycles. The first-order valence-corrected chi connectivity index (χ1v) is 11.3. The van der Waals surface area contributed by atoms with Crippen molar-refractivity contribution in [1.29, 1.82) is 0 Å². The van der Waals surface area contributed by atoms with Crippen LogP contribution in [0.1, 0.15) is 10.4 Å². The van der Waals surface area contributed by atoms with Crippen molar-refractivity contribution < 1.29 is 9.90 Å². The minimum absolute atomic E-state index is 0.0464. The molecular weight excluding hydrogens is 375 g/mol. The summed E-state index contributed by atoms with van der Waals surface area (Å²) in [5.74, 6) is 2.01. The molecular formula is C26H21O2P. The Balaban J connectivity index is 2.05. The predicted octanol–water partition coefficient (Wildman–Crippen LogP) is 4.37. The first-order valence-electron chi connectivity index (χ1n) is 9.45. The molecule has 29 heavy (non-hydrogen) atoms. The molecule has 0 aromatic heterocycles. The Morgan fingerprint density at radius 1 is 0.586 bits per heavy atom. The average Bonchev–Trinajstić information content (AvgIpc) is 2.79. The zero-order valence-electron chi connectivity index (χ0n) is 15.8. The van der Waals surface area contributed by atoms with Crippen molar-refractivity contribution in [2.24, 2.45) is 0 Å². The van der Waals surface area contributed by atoms with Gasteiger partial charge in [0.05, 0.1) is 0 Å². The predicted molar refractivity (Wildman–Crippen MR) is 124 cm³/mol. The highest BCUT2D eigenvalue weighted by molar-refractivity contribution is 7.95. The number of hydrogen-bond donors (Lipinski definition) is 1. The number of carbonyl (C=O) groups is 1. The number of ketones is 1. The Hall–Kier alpha value is -3.35. The number of rotatable bonds is 5. The minimum Gasteiger partial charge on any atom is -0.508 e. The van der Waals surface area contributed by atoms with Crippen molar-refractivity contribution in [3.63, 3.8) is 0 Å². The second-order valence-electron chi connectivity index (χ2n) is 6.77. The molecule has 0 bridgehead atoms. The smallest absolute Gasteiger partial charge is 0.186 e. The maximum atomic E-state index is 13.4. The van der Waals surface area contributed by atoms with Gasteiger partial charge in [-0.25, -0.2) is 0 Å². The van der Waals surface area contributed by atoms with Crippen molar-refractivity contribution in [2.45, 2.75) is 0 Å². The Bertz CT molecular complexity index is 1050. The molecule has 142 valence electrons. The molecule has 4 aromatic carbocycles. The molecule has 0 radical (unpaired) electrons. The molecule has 0 heterocycles. The lowest BCUT2D eigenvalue weighted by Crippen LogP contribution is -2.28. The van der Waals surface area contributed by atoms with E-state index in [0.29, 0.717) is 5.56 Å². The Morgan fingerprint density at radius 3 is 1.34 bits per heavy atom. The van der Waals surface area contributed by atoms with E-state index in [2.05, 4.69) is 36.4 Å². The van der Waals surface area contributed by atoms with Gasteiger partial charge < -0.3 is 5.11 Å². The molecule has 2 nitrogen and oxygen atoms in total. The number of phenolic OH excluding ortho intramolecular Hbond substituents is 1. The maximum Gasteiger partial charge on any atom is 0.186 e. The SMILES string of the molecule is O=C(C=P(c1ccccc1)(c1ccccc1)c1ccccc1)c1ccc(O)cc1. The van der Waals surface area contributed by atoms with Crippen molar-refractivity contribution in [2.75, 3.05) is 0 Å². The van der Waals surface area contributed by atoms with E-state index in [1.54, 1.807) is 24.3 Å². The first-order chi connectivity index (χ1) is 14.2. The van der Waals surface area contributed by atoms with Gasteiger partial charge in [0.2, 0.25) is 0 Å². The van der Waals surface area contributed by atoms with Gasteiger partial charge >= 0.3 is 0 Å². The molecule has 0 saturated carbocycles. The van der Waals surface area contributed by atoms with Crippen LogP contribution in [0.2, 0.25) is 0 Å². The minimum atomic E-state index is -2.32. The van der Waals surface area contributed by atoms with Gasteiger partial charge in [-0.3, -0.25) is 4.79 Å². The summed E-state index contributed by atoms with van der Waals surface area (Å²) in [7, 11) is 0. The van der Waals surface area contributed by atoms with E-state index in [4.69, 9.17) is 0 Å². The standard InChI is InChI=1S/C26H21O2P/c27-22-18-16-21(17-19-22)26(28)20-29(23-10-4-1-5-11-23,24-12-6-2-7-13-24)25-14-8-3-9-15-25/h1-20,27H. The van der Waals surface area contributed by atoms with Gasteiger partial charge in [-0.15, -0.1) is 0 Å². The molecule has 0 fully saturated rings. The van der Waals surface area contributed by atoms with Crippen LogP contribution in [0, 0.1) is 0 Å². The van der Waals surface area contributed by atoms with Gasteiger partial charge in [0.1, 0.15) is 5.75 Å². The quantitative estimate of drug-likeness (QED) is 0.402. The van der Waals surface area contributed by atoms with E-state index in [0.717, 1.165) is 15.9 Å². The Kier molecular flexibility index (Phi) is 5.46. The summed E-state index contributed by atoms with van der Waals surface area (Å²) in [6.07, 6.45) is 0. The van der Waals surface area contributed by atoms with Crippen LogP contribution in [-0.2, 0) is 0 Å². The van der Waals surface area contributed by atoms with Crippen LogP contribution in [-0.4, -0.2) is 16.7 Å². The summed E-state index contributed by atoms with van der Waals surface area (Å²) in [5.41, 5.74) is 0.565. The van der Waals surface area contributed by atoms with Gasteiger partial charge in [-0.05, 0) is 52.9 Å². The second-order valence-corrected chi connectivity index (χ2v) is 10.0. The lowest BCUT2D eigenvalue weighted by atomic mass is 10.1. The zero-order valence-corrected chi connectivity index (χ0v) is 16.7. The number of phenols is 1. The molecule has 0 spiro atoms. The highest BCUT2D eigenvalue weighted by Gasteiger charge is 2.26. The monoisotopic (exact) mass is 396 g/mol. The third-order valence-electron chi connectivity index (χ3n) is 4.95. The molecule has 3 heteroatoms. The Labute approximate surface area is 171 Å². The van der Waals surface area contributed by atoms with Gasteiger partial charge in [0.25, 0.3) is 0 Å². The van der Waals surface area contributed by atoms with Crippen LogP contribution < -0.4 is 15.9 Å². The number of hydrogen-bond acceptors (Lipinski definition) is 2. The highest BCUT2D eigenvalue weighted by atomic mass is 31.2. The van der Waals surface area contributed by atoms with E-state index >= 15 is 0 Å². The fraction of sp³-hybridized carbons (Fsp3) is 0. The maximum absolute atomic E-state index is 13.4. The molecule has 1 N–H and O–H groups in total. The normalized spacial score (nSPS) is 11.0. The molecule has 4 aromatic rings. The van der Waals surface area contributed by atoms with Crippen molar-refractivity contribution in [3.05, 3.63) is 121 Å². The summed E-state index contributed by atoms with van der Waals surface area (Å²) in [4.78, 5) is 13.4. The van der Waals surface area contributed by atoms with E-state index in [1.807, 2.05) is 60.4 Å². The van der Waals surface area contributed by atoms with Crippen LogP contribution in [0.5, 0.6) is 5.75 Å². The molecule has 4 rings (SSSR count). The van der Waals surface area contributed by atoms with Crippen LogP contribution in [0.3, 0.4) is 0 Å². The van der Waals surface area contributed by atoms with Crippen LogP contribution >= 0.6 is 6.89 Å². The number of carbonyl (C=O) groups excluding carboxylic acids is 1. The van der Waals surface area contributed by atoms with Gasteiger partial charge in [0, 0.05) is 5.56 Å². The van der Waals surface area contributed by atoms with Crippen LogP contribution in [0.15, 0.2) is 115 Å². The van der Waals surface area contributed by atoms with Crippen molar-refractivity contribution in [3.8, 4) is 5.75 Å². The van der Waals surface area contributed by atoms with Crippen molar-refractivity contribution in [1.82, 2.24) is 0 Å². The van der Waals surface area contributed by atoms with Crippen LogP contribution in [0.25, 0.3) is 0 Å². The summed E-state index contributed by atoms with van der Waals surface area (Å²) in [6.45, 7) is -2.32. The molecule has 0 saturated heterocycles. The van der Waals surface area contributed by atoms with E-state index < -0.39 is 6.89 Å². The van der Waals surface area contributed by atoms with Gasteiger partial charge in [-0.2, -0.15) is 0 Å². The fourth-order valence-electron chi connectivity index (χ4n) is 3.54. The highest BCUT2D eigenvalue weighted by Crippen LogP contribution is 2.43. The second kappa shape index (κ2) is 8.34. The molecule has 0 amide bonds. The zero-order chi connectivity index (χ0) is 20.1. The van der Waals surface area contributed by atoms with Crippen molar-refractivity contribution >= 4 is 34.4 Å². The van der Waals surface area contributed by atoms with Crippen LogP contribution in [0.4, 0.5) is 0 Å². The van der Waals surface area contributed by atoms with Gasteiger partial charge in [0.15, 0.2) is 5.78 Å². The summed E-state index contributed by atoms with van der Waals surface area (Å²) in [5, 5.41) is 13.0. The van der Waals surface area contributed by atoms with E-state index in [-0.39, 0.29) is 11.5 Å². The van der Waals surface area contributed by atoms with E-state index in [9.17, 15) is 9.90 Å². The summed E-state index contributed by atoms with van der Waals surface area (Å²) in [6, 6.07) is 37.2. The average molecular weight is 396 g/mol. The lowest BCUT2D eigenvalue weighted by Gasteiger charge is -2.28. The number of aromatic hydroxyl groups is 1. The molecule has 0 atom stereocenters. The molecule has 0 aliphatic carbocycles. The first kappa shape index (κ1) is 19.0. The van der Waals surface area contributed by atoms with E-state index in [1.165, 1.54) is 0 Å². The third-order valence-corrected chi connectivity index (χ3v) is 8.91. The number of Topliss-reactive ketones (excluding diaryl/α,β-unsaturated/α-hetero) is 1.